The molecule has 0 saturated carbocycles. The number of aryl methyl sites for hydroxylation is 1. The van der Waals surface area contributed by atoms with E-state index in [-0.39, 0.29) is 4.90 Å². The summed E-state index contributed by atoms with van der Waals surface area (Å²) in [6.07, 6.45) is 2.44. The van der Waals surface area contributed by atoms with Gasteiger partial charge in [-0.15, -0.1) is 0 Å². The Morgan fingerprint density at radius 3 is 2.60 bits per heavy atom. The van der Waals surface area contributed by atoms with Gasteiger partial charge in [0.15, 0.2) is 0 Å². The molecule has 0 unspecified atom stereocenters. The average molecular weight is 363 g/mol. The lowest BCUT2D eigenvalue weighted by atomic mass is 10.1. The number of hydrogen-bond donors (Lipinski definition) is 0. The molecule has 0 aliphatic carbocycles. The van der Waals surface area contributed by atoms with Gasteiger partial charge in [0.05, 0.1) is 0 Å². The van der Waals surface area contributed by atoms with Crippen LogP contribution in [0.4, 0.5) is 0 Å². The fraction of sp³-hybridized carbons (Fsp3) is 0.625. The number of hydrogen-bond acceptors (Lipinski definition) is 3. The molecule has 0 aromatic carbocycles. The molecule has 15 heavy (non-hydrogen) atoms. The number of aromatic nitrogens is 2. The molecule has 0 radical (unpaired) electrons. The van der Waals surface area contributed by atoms with E-state index in [0.29, 0.717) is 16.2 Å². The molecule has 1 aromatic rings. The normalized spacial score (nSPS) is 12.3. The van der Waals surface area contributed by atoms with Crippen molar-refractivity contribution >= 4 is 42.3 Å². The maximum absolute atomic E-state index is 11.1. The first-order valence-electron chi connectivity index (χ1n) is 4.48. The molecule has 0 saturated heterocycles. The van der Waals surface area contributed by atoms with Crippen molar-refractivity contribution in [1.29, 1.82) is 0 Å². The Morgan fingerprint density at radius 2 is 2.20 bits per heavy atom. The van der Waals surface area contributed by atoms with Crippen LogP contribution >= 0.6 is 33.3 Å². The van der Waals surface area contributed by atoms with E-state index in [9.17, 15) is 8.42 Å². The first-order chi connectivity index (χ1) is 6.80. The van der Waals surface area contributed by atoms with Crippen LogP contribution in [-0.4, -0.2) is 18.2 Å². The van der Waals surface area contributed by atoms with Gasteiger partial charge >= 0.3 is 0 Å². The minimum atomic E-state index is -3.67. The third-order valence-electron chi connectivity index (χ3n) is 1.88. The predicted octanol–water partition coefficient (Wildman–Crippen LogP) is 2.46. The van der Waals surface area contributed by atoms with Crippen LogP contribution in [0.5, 0.6) is 0 Å². The summed E-state index contributed by atoms with van der Waals surface area (Å²) in [6, 6.07) is 0. The Morgan fingerprint density at radius 1 is 1.60 bits per heavy atom. The first-order valence-corrected chi connectivity index (χ1v) is 7.87. The fourth-order valence-corrected chi connectivity index (χ4v) is 3.55. The summed E-state index contributed by atoms with van der Waals surface area (Å²) >= 11 is 1.87. The van der Waals surface area contributed by atoms with Crippen LogP contribution in [0.3, 0.4) is 0 Å². The summed E-state index contributed by atoms with van der Waals surface area (Å²) in [5.74, 6) is 0.558. The monoisotopic (exact) mass is 362 g/mol. The van der Waals surface area contributed by atoms with Crippen molar-refractivity contribution in [2.24, 2.45) is 5.92 Å². The van der Waals surface area contributed by atoms with Crippen LogP contribution in [0, 0.1) is 9.62 Å². The van der Waals surface area contributed by atoms with Crippen LogP contribution in [0.15, 0.2) is 11.1 Å². The summed E-state index contributed by atoms with van der Waals surface area (Å²) in [5.41, 5.74) is 0. The van der Waals surface area contributed by atoms with Gasteiger partial charge in [0, 0.05) is 23.4 Å². The van der Waals surface area contributed by atoms with Gasteiger partial charge in [-0.2, -0.15) is 5.10 Å². The summed E-state index contributed by atoms with van der Waals surface area (Å²) in [5, 5.41) is 4.09. The van der Waals surface area contributed by atoms with Crippen LogP contribution < -0.4 is 0 Å². The van der Waals surface area contributed by atoms with Crippen molar-refractivity contribution in [3.63, 3.8) is 0 Å². The van der Waals surface area contributed by atoms with Crippen molar-refractivity contribution in [3.05, 3.63) is 9.90 Å². The van der Waals surface area contributed by atoms with Gasteiger partial charge < -0.3 is 0 Å². The van der Waals surface area contributed by atoms with E-state index >= 15 is 0 Å². The Hall–Kier alpha value is 0.180. The summed E-state index contributed by atoms with van der Waals surface area (Å²) in [6.45, 7) is 4.92. The standard InChI is InChI=1S/C8H12ClIN2O2S/c1-6(2)3-4-12-5-7(8(10)11-12)15(9,13)14/h5-6H,3-4H2,1-2H3. The highest BCUT2D eigenvalue weighted by molar-refractivity contribution is 14.1. The highest BCUT2D eigenvalue weighted by atomic mass is 127. The average Bonchev–Trinajstić information content (AvgIpc) is 2.42. The largest absolute Gasteiger partial charge is 0.270 e. The van der Waals surface area contributed by atoms with Crippen LogP contribution in [0.25, 0.3) is 0 Å². The minimum absolute atomic E-state index is 0.0912. The van der Waals surface area contributed by atoms with E-state index in [0.717, 1.165) is 6.42 Å². The molecule has 7 heteroatoms. The van der Waals surface area contributed by atoms with Gasteiger partial charge in [-0.25, -0.2) is 8.42 Å². The third-order valence-corrected chi connectivity index (χ3v) is 4.37. The minimum Gasteiger partial charge on any atom is -0.270 e. The lowest BCUT2D eigenvalue weighted by Crippen LogP contribution is -2.01. The summed E-state index contributed by atoms with van der Waals surface area (Å²) in [7, 11) is 1.58. The van der Waals surface area contributed by atoms with E-state index in [1.54, 1.807) is 4.68 Å². The second kappa shape index (κ2) is 5.01. The Labute approximate surface area is 108 Å². The van der Waals surface area contributed by atoms with Gasteiger partial charge in [-0.1, -0.05) is 13.8 Å². The van der Waals surface area contributed by atoms with Gasteiger partial charge in [-0.05, 0) is 34.9 Å². The third kappa shape index (κ3) is 3.92. The van der Waals surface area contributed by atoms with Gasteiger partial charge in [0.2, 0.25) is 0 Å². The molecule has 0 N–H and O–H groups in total. The fourth-order valence-electron chi connectivity index (χ4n) is 1.05. The molecule has 1 rings (SSSR count). The van der Waals surface area contributed by atoms with Gasteiger partial charge in [0.25, 0.3) is 9.05 Å². The van der Waals surface area contributed by atoms with Crippen molar-refractivity contribution < 1.29 is 8.42 Å². The molecule has 0 amide bonds. The molecule has 86 valence electrons. The molecular weight excluding hydrogens is 351 g/mol. The van der Waals surface area contributed by atoms with Crippen molar-refractivity contribution in [2.45, 2.75) is 31.7 Å². The quantitative estimate of drug-likeness (QED) is 0.611. The zero-order chi connectivity index (χ0) is 11.6. The second-order valence-electron chi connectivity index (χ2n) is 3.67. The smallest absolute Gasteiger partial charge is 0.265 e. The summed E-state index contributed by atoms with van der Waals surface area (Å²) < 4.78 is 24.3. The highest BCUT2D eigenvalue weighted by Gasteiger charge is 2.18. The Bertz CT molecular complexity index is 441. The highest BCUT2D eigenvalue weighted by Crippen LogP contribution is 2.20. The zero-order valence-electron chi connectivity index (χ0n) is 8.44. The number of rotatable bonds is 4. The molecule has 4 nitrogen and oxygen atoms in total. The second-order valence-corrected chi connectivity index (χ2v) is 7.22. The molecule has 0 aliphatic rings. The maximum atomic E-state index is 11.1. The van der Waals surface area contributed by atoms with Crippen LogP contribution in [0.1, 0.15) is 20.3 Å². The molecule has 0 spiro atoms. The van der Waals surface area contributed by atoms with Crippen molar-refractivity contribution in [2.75, 3.05) is 0 Å². The van der Waals surface area contributed by atoms with Crippen LogP contribution in [0.2, 0.25) is 0 Å². The zero-order valence-corrected chi connectivity index (χ0v) is 12.2. The lowest BCUT2D eigenvalue weighted by molar-refractivity contribution is 0.485. The molecule has 0 atom stereocenters. The topological polar surface area (TPSA) is 52.0 Å². The molecule has 0 bridgehead atoms. The molecule has 0 fully saturated rings. The van der Waals surface area contributed by atoms with Crippen LogP contribution in [-0.2, 0) is 15.6 Å². The van der Waals surface area contributed by atoms with Gasteiger partial charge in [0.1, 0.15) is 8.60 Å². The van der Waals surface area contributed by atoms with E-state index in [1.165, 1.54) is 6.20 Å². The van der Waals surface area contributed by atoms with Crippen molar-refractivity contribution in [1.82, 2.24) is 9.78 Å². The first kappa shape index (κ1) is 13.2. The Balaban J connectivity index is 2.87. The lowest BCUT2D eigenvalue weighted by Gasteiger charge is -2.03. The molecule has 1 aromatic heterocycles. The van der Waals surface area contributed by atoms with E-state index in [4.69, 9.17) is 10.7 Å². The SMILES string of the molecule is CC(C)CCn1cc(S(=O)(=O)Cl)c(I)n1. The molecular formula is C8H12ClIN2O2S. The Kier molecular flexibility index (Phi) is 4.42. The van der Waals surface area contributed by atoms with Gasteiger partial charge in [-0.3, -0.25) is 4.68 Å². The number of halogens is 2. The van der Waals surface area contributed by atoms with E-state index in [2.05, 4.69) is 18.9 Å². The van der Waals surface area contributed by atoms with E-state index in [1.807, 2.05) is 22.6 Å². The molecule has 0 aliphatic heterocycles. The predicted molar refractivity (Wildman–Crippen MR) is 67.4 cm³/mol. The van der Waals surface area contributed by atoms with Crippen molar-refractivity contribution in [3.8, 4) is 0 Å². The number of nitrogens with zero attached hydrogens (tertiary/aromatic N) is 2. The van der Waals surface area contributed by atoms with E-state index < -0.39 is 9.05 Å². The maximum Gasteiger partial charge on any atom is 0.265 e. The molecule has 1 heterocycles. The summed E-state index contributed by atoms with van der Waals surface area (Å²) in [4.78, 5) is 0.0912.